The Morgan fingerprint density at radius 3 is 2.29 bits per heavy atom. The van der Waals surface area contributed by atoms with Gasteiger partial charge in [0.1, 0.15) is 23.6 Å². The number of anilines is 1. The number of rotatable bonds is 28. The van der Waals surface area contributed by atoms with Crippen molar-refractivity contribution in [2.45, 2.75) is 134 Å². The summed E-state index contributed by atoms with van der Waals surface area (Å²) in [6.45, 7) is 4.35. The molecule has 1 fully saturated rings. The van der Waals surface area contributed by atoms with Crippen LogP contribution in [0.4, 0.5) is 5.95 Å². The number of aliphatic hydroxyl groups excluding tert-OH is 1. The summed E-state index contributed by atoms with van der Waals surface area (Å²) in [6, 6.07) is 12.9. The average molecular weight is 826 g/mol. The van der Waals surface area contributed by atoms with Crippen LogP contribution in [0.2, 0.25) is 0 Å². The molecule has 4 aromatic rings. The van der Waals surface area contributed by atoms with Crippen LogP contribution in [-0.4, -0.2) is 81.1 Å². The summed E-state index contributed by atoms with van der Waals surface area (Å²) < 4.78 is 50.7. The van der Waals surface area contributed by atoms with Gasteiger partial charge in [-0.3, -0.25) is 13.6 Å². The van der Waals surface area contributed by atoms with Crippen molar-refractivity contribution in [2.24, 2.45) is 0 Å². The normalized spacial score (nSPS) is 20.7. The summed E-state index contributed by atoms with van der Waals surface area (Å²) in [5.74, 6) is 0.384. The maximum atomic E-state index is 14.3. The number of hydrogen-bond donors (Lipinski definition) is 3. The monoisotopic (exact) mass is 825 g/mol. The van der Waals surface area contributed by atoms with E-state index in [0.717, 1.165) is 23.6 Å². The SMILES string of the molecule is CCCCCCCC/C=C/CCCCCCCCOCCCOP(=O)(OC[C@H]1OC(n2cnc3c(OC)nc(N)nc32)[C@](C)(O)[C@@H]1O)Oc1cccc2ccccc12. The lowest BCUT2D eigenvalue weighted by Gasteiger charge is -2.27. The number of ether oxygens (including phenoxy) is 3. The molecule has 320 valence electrons. The van der Waals surface area contributed by atoms with E-state index >= 15 is 0 Å². The van der Waals surface area contributed by atoms with Gasteiger partial charge in [-0.15, -0.1) is 0 Å². The van der Waals surface area contributed by atoms with Crippen molar-refractivity contribution in [3.05, 3.63) is 60.9 Å². The van der Waals surface area contributed by atoms with Gasteiger partial charge in [-0.1, -0.05) is 113 Å². The Labute approximate surface area is 343 Å². The summed E-state index contributed by atoms with van der Waals surface area (Å²) in [7, 11) is -2.88. The quantitative estimate of drug-likeness (QED) is 0.0280. The van der Waals surface area contributed by atoms with E-state index in [2.05, 4.69) is 34.0 Å². The molecule has 4 N–H and O–H groups in total. The van der Waals surface area contributed by atoms with Crippen molar-refractivity contribution < 1.29 is 42.6 Å². The van der Waals surface area contributed by atoms with Gasteiger partial charge in [-0.2, -0.15) is 9.97 Å². The van der Waals surface area contributed by atoms with Crippen molar-refractivity contribution in [3.8, 4) is 11.6 Å². The van der Waals surface area contributed by atoms with Gasteiger partial charge in [-0.05, 0) is 56.9 Å². The van der Waals surface area contributed by atoms with Crippen LogP contribution in [0.1, 0.15) is 116 Å². The smallest absolute Gasteiger partial charge is 0.479 e. The summed E-state index contributed by atoms with van der Waals surface area (Å²) in [5.41, 5.74) is 4.56. The Morgan fingerprint density at radius 1 is 0.879 bits per heavy atom. The van der Waals surface area contributed by atoms with Gasteiger partial charge in [0.2, 0.25) is 11.8 Å². The number of allylic oxidation sites excluding steroid dienone is 2. The van der Waals surface area contributed by atoms with Crippen LogP contribution in [0.25, 0.3) is 21.9 Å². The fourth-order valence-corrected chi connectivity index (χ4v) is 8.40. The van der Waals surface area contributed by atoms with Crippen LogP contribution in [0.15, 0.2) is 60.9 Å². The standard InChI is InChI=1S/C43H64N5O9P/c1-4-5-6-7-8-9-10-11-12-13-14-15-16-17-18-21-28-53-29-23-30-54-58(51,57-35-27-22-25-33-24-19-20-26-34(33)35)55-31-36-38(49)43(2,50)41(56-36)48-32-45-37-39(48)46-42(44)47-40(37)52-3/h11-12,19-20,22,24-27,32,36,38,41,49-50H,4-10,13-18,21,23,28-31H2,1-3H3,(H2,44,46,47)/b12-11+/t36-,38-,41?,43-,58?/m1/s1. The van der Waals surface area contributed by atoms with Crippen LogP contribution >= 0.6 is 7.82 Å². The second-order valence-corrected chi connectivity index (χ2v) is 16.8. The van der Waals surface area contributed by atoms with E-state index < -0.39 is 38.5 Å². The summed E-state index contributed by atoms with van der Waals surface area (Å²) >= 11 is 0. The molecule has 1 saturated heterocycles. The van der Waals surface area contributed by atoms with Crippen LogP contribution in [0.5, 0.6) is 11.6 Å². The second-order valence-electron chi connectivity index (χ2n) is 15.2. The molecule has 15 heteroatoms. The number of nitrogens with zero attached hydrogens (tertiary/aromatic N) is 4. The lowest BCUT2D eigenvalue weighted by Crippen LogP contribution is -2.44. The van der Waals surface area contributed by atoms with Crippen molar-refractivity contribution >= 4 is 35.7 Å². The number of imidazole rings is 1. The van der Waals surface area contributed by atoms with Crippen molar-refractivity contribution in [2.75, 3.05) is 39.3 Å². The average Bonchev–Trinajstić information content (AvgIpc) is 3.73. The Hall–Kier alpha value is -3.62. The van der Waals surface area contributed by atoms with E-state index in [1.807, 2.05) is 30.3 Å². The third kappa shape index (κ3) is 12.9. The molecule has 2 aromatic heterocycles. The predicted octanol–water partition coefficient (Wildman–Crippen LogP) is 9.24. The first-order valence-corrected chi connectivity index (χ1v) is 22.5. The van der Waals surface area contributed by atoms with Gasteiger partial charge in [0.15, 0.2) is 17.4 Å². The maximum Gasteiger partial charge on any atom is 0.530 e. The van der Waals surface area contributed by atoms with Crippen LogP contribution in [0.3, 0.4) is 0 Å². The van der Waals surface area contributed by atoms with Crippen molar-refractivity contribution in [1.29, 1.82) is 0 Å². The number of nitrogen functional groups attached to an aromatic ring is 1. The first kappa shape index (κ1) is 45.5. The number of benzene rings is 2. The summed E-state index contributed by atoms with van der Waals surface area (Å²) in [6.07, 6.45) is 20.3. The van der Waals surface area contributed by atoms with Gasteiger partial charge >= 0.3 is 7.82 Å². The molecule has 0 spiro atoms. The number of hydrogen-bond acceptors (Lipinski definition) is 13. The van der Waals surface area contributed by atoms with E-state index in [-0.39, 0.29) is 24.1 Å². The number of aromatic nitrogens is 4. The van der Waals surface area contributed by atoms with E-state index in [0.29, 0.717) is 30.9 Å². The third-order valence-electron chi connectivity index (χ3n) is 10.4. The van der Waals surface area contributed by atoms with Gasteiger partial charge in [0.25, 0.3) is 0 Å². The minimum Gasteiger partial charge on any atom is -0.479 e. The number of methoxy groups -OCH3 is 1. The van der Waals surface area contributed by atoms with E-state index in [1.54, 1.807) is 12.1 Å². The second kappa shape index (κ2) is 23.2. The van der Waals surface area contributed by atoms with Crippen LogP contribution in [0, 0.1) is 0 Å². The molecule has 5 atom stereocenters. The van der Waals surface area contributed by atoms with E-state index in [1.165, 1.54) is 102 Å². The molecule has 0 saturated carbocycles. The Bertz CT molecular complexity index is 1900. The topological polar surface area (TPSA) is 183 Å². The zero-order chi connectivity index (χ0) is 41.2. The first-order valence-electron chi connectivity index (χ1n) is 21.1. The van der Waals surface area contributed by atoms with Gasteiger partial charge < -0.3 is 34.7 Å². The molecule has 1 aliphatic heterocycles. The van der Waals surface area contributed by atoms with E-state index in [9.17, 15) is 14.8 Å². The minimum absolute atomic E-state index is 0.0356. The third-order valence-corrected chi connectivity index (χ3v) is 11.8. The van der Waals surface area contributed by atoms with Crippen molar-refractivity contribution in [1.82, 2.24) is 19.5 Å². The summed E-state index contributed by atoms with van der Waals surface area (Å²) in [4.78, 5) is 12.6. The number of nitrogens with two attached hydrogens (primary N) is 1. The first-order chi connectivity index (χ1) is 28.2. The molecular formula is C43H64N5O9P. The molecule has 0 radical (unpaired) electrons. The lowest BCUT2D eigenvalue weighted by atomic mass is 9.96. The molecule has 1 aliphatic rings. The number of unbranched alkanes of at least 4 members (excludes halogenated alkanes) is 12. The zero-order valence-corrected chi connectivity index (χ0v) is 35.4. The lowest BCUT2D eigenvalue weighted by molar-refractivity contribution is -0.0949. The molecule has 2 unspecified atom stereocenters. The molecule has 14 nitrogen and oxygen atoms in total. The molecule has 0 aliphatic carbocycles. The summed E-state index contributed by atoms with van der Waals surface area (Å²) in [5, 5.41) is 24.3. The molecule has 0 amide bonds. The molecule has 0 bridgehead atoms. The molecular weight excluding hydrogens is 761 g/mol. The number of aliphatic hydroxyl groups is 2. The highest BCUT2D eigenvalue weighted by Crippen LogP contribution is 2.52. The van der Waals surface area contributed by atoms with Crippen LogP contribution < -0.4 is 15.0 Å². The van der Waals surface area contributed by atoms with Gasteiger partial charge in [0.05, 0.1) is 26.7 Å². The number of phosphoric ester groups is 1. The Morgan fingerprint density at radius 2 is 1.55 bits per heavy atom. The highest BCUT2D eigenvalue weighted by molar-refractivity contribution is 7.49. The van der Waals surface area contributed by atoms with Gasteiger partial charge in [-0.25, -0.2) is 9.55 Å². The fraction of sp³-hybridized carbons (Fsp3) is 0.605. The highest BCUT2D eigenvalue weighted by Gasteiger charge is 2.54. The van der Waals surface area contributed by atoms with Crippen molar-refractivity contribution in [3.63, 3.8) is 0 Å². The fourth-order valence-electron chi connectivity index (χ4n) is 7.14. The molecule has 3 heterocycles. The molecule has 58 heavy (non-hydrogen) atoms. The Balaban J connectivity index is 1.06. The predicted molar refractivity (Wildman–Crippen MR) is 226 cm³/mol. The minimum atomic E-state index is -4.30. The van der Waals surface area contributed by atoms with Gasteiger partial charge in [0, 0.05) is 18.6 Å². The molecule has 2 aromatic carbocycles. The Kier molecular flexibility index (Phi) is 18.2. The zero-order valence-electron chi connectivity index (χ0n) is 34.5. The number of fused-ring (bicyclic) bond motifs is 2. The maximum absolute atomic E-state index is 14.3. The highest BCUT2D eigenvalue weighted by atomic mass is 31.2. The largest absolute Gasteiger partial charge is 0.530 e. The van der Waals surface area contributed by atoms with Crippen LogP contribution in [-0.2, 0) is 23.1 Å². The van der Waals surface area contributed by atoms with E-state index in [4.69, 9.17) is 33.5 Å². The molecule has 5 rings (SSSR count). The number of phosphoric acid groups is 1.